The molecule has 0 heterocycles. The highest BCUT2D eigenvalue weighted by molar-refractivity contribution is 7.80. The van der Waals surface area contributed by atoms with E-state index in [-0.39, 0.29) is 5.91 Å². The van der Waals surface area contributed by atoms with Crippen molar-refractivity contribution in [2.24, 2.45) is 0 Å². The van der Waals surface area contributed by atoms with Crippen LogP contribution in [0.15, 0.2) is 47.4 Å². The van der Waals surface area contributed by atoms with Crippen molar-refractivity contribution in [3.63, 3.8) is 0 Å². The van der Waals surface area contributed by atoms with Gasteiger partial charge in [0.15, 0.2) is 0 Å². The summed E-state index contributed by atoms with van der Waals surface area (Å²) in [5.74, 6) is 0.464. The Morgan fingerprint density at radius 2 is 1.81 bits per heavy atom. The fraction of sp³-hybridized carbons (Fsp3) is 0.278. The molecule has 0 radical (unpaired) electrons. The zero-order valence-electron chi connectivity index (χ0n) is 12.7. The summed E-state index contributed by atoms with van der Waals surface area (Å²) in [6.07, 6.45) is 0. The van der Waals surface area contributed by atoms with E-state index in [0.29, 0.717) is 18.0 Å². The third-order valence-electron chi connectivity index (χ3n) is 3.57. The molecular formula is C18H21NOS. The molecule has 0 aliphatic rings. The van der Waals surface area contributed by atoms with E-state index in [2.05, 4.69) is 56.1 Å². The number of aryl methyl sites for hydroxylation is 1. The molecule has 0 fully saturated rings. The summed E-state index contributed by atoms with van der Waals surface area (Å²) in [6, 6.07) is 14.0. The Morgan fingerprint density at radius 1 is 1.14 bits per heavy atom. The largest absolute Gasteiger partial charge is 0.348 e. The molecular weight excluding hydrogens is 278 g/mol. The van der Waals surface area contributed by atoms with Crippen LogP contribution in [0.5, 0.6) is 0 Å². The minimum absolute atomic E-state index is 0.0589. The zero-order chi connectivity index (χ0) is 15.4. The minimum Gasteiger partial charge on any atom is -0.348 e. The molecule has 2 rings (SSSR count). The van der Waals surface area contributed by atoms with Crippen molar-refractivity contribution in [3.05, 3.63) is 64.7 Å². The third-order valence-corrected chi connectivity index (χ3v) is 3.84. The van der Waals surface area contributed by atoms with Gasteiger partial charge in [0.1, 0.15) is 0 Å². The topological polar surface area (TPSA) is 29.1 Å². The quantitative estimate of drug-likeness (QED) is 0.808. The first-order valence-corrected chi connectivity index (χ1v) is 7.58. The van der Waals surface area contributed by atoms with Crippen molar-refractivity contribution in [1.29, 1.82) is 0 Å². The van der Waals surface area contributed by atoms with E-state index in [1.165, 1.54) is 5.56 Å². The van der Waals surface area contributed by atoms with E-state index >= 15 is 0 Å². The average molecular weight is 299 g/mol. The summed E-state index contributed by atoms with van der Waals surface area (Å²) in [6.45, 7) is 6.81. The predicted molar refractivity (Wildman–Crippen MR) is 90.1 cm³/mol. The lowest BCUT2D eigenvalue weighted by Gasteiger charge is -2.10. The molecule has 1 N–H and O–H groups in total. The van der Waals surface area contributed by atoms with Gasteiger partial charge in [-0.1, -0.05) is 44.2 Å². The van der Waals surface area contributed by atoms with Crippen LogP contribution in [0.4, 0.5) is 0 Å². The van der Waals surface area contributed by atoms with Crippen molar-refractivity contribution in [3.8, 4) is 0 Å². The lowest BCUT2D eigenvalue weighted by molar-refractivity contribution is 0.0950. The van der Waals surface area contributed by atoms with Crippen LogP contribution in [-0.2, 0) is 6.54 Å². The van der Waals surface area contributed by atoms with Gasteiger partial charge in [-0.05, 0) is 41.7 Å². The van der Waals surface area contributed by atoms with Gasteiger partial charge in [-0.15, -0.1) is 12.6 Å². The minimum atomic E-state index is -0.0589. The average Bonchev–Trinajstić information content (AvgIpc) is 2.47. The molecule has 0 aliphatic carbocycles. The maximum Gasteiger partial charge on any atom is 0.251 e. The Bertz CT molecular complexity index is 632. The van der Waals surface area contributed by atoms with Crippen molar-refractivity contribution < 1.29 is 4.79 Å². The number of carbonyl (C=O) groups excluding carboxylic acids is 1. The molecule has 0 saturated heterocycles. The van der Waals surface area contributed by atoms with Crippen LogP contribution in [0.2, 0.25) is 0 Å². The molecule has 0 atom stereocenters. The van der Waals surface area contributed by atoms with Gasteiger partial charge in [-0.25, -0.2) is 0 Å². The fourth-order valence-corrected chi connectivity index (χ4v) is 2.36. The van der Waals surface area contributed by atoms with Gasteiger partial charge >= 0.3 is 0 Å². The van der Waals surface area contributed by atoms with Crippen LogP contribution in [0.25, 0.3) is 0 Å². The summed E-state index contributed by atoms with van der Waals surface area (Å²) in [5.41, 5.74) is 4.05. The molecule has 0 spiro atoms. The number of hydrogen-bond donors (Lipinski definition) is 2. The van der Waals surface area contributed by atoms with Gasteiger partial charge < -0.3 is 5.32 Å². The van der Waals surface area contributed by atoms with Crippen molar-refractivity contribution in [2.75, 3.05) is 0 Å². The summed E-state index contributed by atoms with van der Waals surface area (Å²) in [7, 11) is 0. The Morgan fingerprint density at radius 3 is 2.43 bits per heavy atom. The first-order chi connectivity index (χ1) is 9.97. The lowest BCUT2D eigenvalue weighted by Crippen LogP contribution is -2.23. The summed E-state index contributed by atoms with van der Waals surface area (Å²) >= 11 is 4.28. The van der Waals surface area contributed by atoms with Gasteiger partial charge in [-0.3, -0.25) is 4.79 Å². The van der Waals surface area contributed by atoms with Gasteiger partial charge in [0, 0.05) is 17.0 Å². The van der Waals surface area contributed by atoms with Gasteiger partial charge in [-0.2, -0.15) is 0 Å². The van der Waals surface area contributed by atoms with Crippen molar-refractivity contribution in [1.82, 2.24) is 5.32 Å². The molecule has 0 unspecified atom stereocenters. The van der Waals surface area contributed by atoms with E-state index in [0.717, 1.165) is 16.0 Å². The van der Waals surface area contributed by atoms with Gasteiger partial charge in [0.25, 0.3) is 5.91 Å². The number of benzene rings is 2. The van der Waals surface area contributed by atoms with Gasteiger partial charge in [0.2, 0.25) is 0 Å². The van der Waals surface area contributed by atoms with E-state index < -0.39 is 0 Å². The lowest BCUT2D eigenvalue weighted by atomic mass is 10.0. The summed E-state index contributed by atoms with van der Waals surface area (Å²) in [5, 5.41) is 2.96. The number of hydrogen-bond acceptors (Lipinski definition) is 2. The van der Waals surface area contributed by atoms with E-state index in [9.17, 15) is 4.79 Å². The second-order valence-electron chi connectivity index (χ2n) is 5.58. The first kappa shape index (κ1) is 15.6. The molecule has 0 aliphatic heterocycles. The van der Waals surface area contributed by atoms with E-state index in [1.807, 2.05) is 19.1 Å². The fourth-order valence-electron chi connectivity index (χ4n) is 2.15. The van der Waals surface area contributed by atoms with Crippen LogP contribution >= 0.6 is 12.6 Å². The van der Waals surface area contributed by atoms with Crippen LogP contribution in [-0.4, -0.2) is 5.91 Å². The maximum atomic E-state index is 12.2. The standard InChI is InChI=1S/C18H21NOS/c1-12(2)15-7-5-14(6-8-15)11-19-18(20)17-10-16(21)9-4-13(17)3/h4-10,12,21H,11H2,1-3H3,(H,19,20). The Balaban J connectivity index is 2.02. The normalized spacial score (nSPS) is 10.7. The molecule has 0 saturated carbocycles. The van der Waals surface area contributed by atoms with Crippen molar-refractivity contribution >= 4 is 18.5 Å². The molecule has 0 bridgehead atoms. The monoisotopic (exact) mass is 299 g/mol. The molecule has 110 valence electrons. The Labute approximate surface area is 132 Å². The maximum absolute atomic E-state index is 12.2. The number of nitrogens with one attached hydrogen (secondary N) is 1. The molecule has 2 nitrogen and oxygen atoms in total. The number of carbonyl (C=O) groups is 1. The van der Waals surface area contributed by atoms with Crippen LogP contribution in [0.1, 0.15) is 46.8 Å². The van der Waals surface area contributed by atoms with E-state index in [1.54, 1.807) is 6.07 Å². The molecule has 1 amide bonds. The predicted octanol–water partition coefficient (Wildman–Crippen LogP) is 4.34. The number of thiol groups is 1. The van der Waals surface area contributed by atoms with Crippen LogP contribution < -0.4 is 5.32 Å². The van der Waals surface area contributed by atoms with Gasteiger partial charge in [0.05, 0.1) is 0 Å². The number of amides is 1. The molecule has 2 aromatic rings. The Kier molecular flexibility index (Phi) is 5.07. The third kappa shape index (κ3) is 4.11. The van der Waals surface area contributed by atoms with Crippen LogP contribution in [0.3, 0.4) is 0 Å². The highest BCUT2D eigenvalue weighted by atomic mass is 32.1. The van der Waals surface area contributed by atoms with Crippen molar-refractivity contribution in [2.45, 2.75) is 38.1 Å². The SMILES string of the molecule is Cc1ccc(S)cc1C(=O)NCc1ccc(C(C)C)cc1. The molecule has 3 heteroatoms. The summed E-state index contributed by atoms with van der Waals surface area (Å²) in [4.78, 5) is 13.0. The molecule has 21 heavy (non-hydrogen) atoms. The highest BCUT2D eigenvalue weighted by Crippen LogP contribution is 2.16. The molecule has 2 aromatic carbocycles. The zero-order valence-corrected chi connectivity index (χ0v) is 13.6. The molecule has 0 aromatic heterocycles. The first-order valence-electron chi connectivity index (χ1n) is 7.14. The van der Waals surface area contributed by atoms with Crippen LogP contribution in [0, 0.1) is 6.92 Å². The smallest absolute Gasteiger partial charge is 0.251 e. The number of rotatable bonds is 4. The van der Waals surface area contributed by atoms with E-state index in [4.69, 9.17) is 0 Å². The highest BCUT2D eigenvalue weighted by Gasteiger charge is 2.09. The summed E-state index contributed by atoms with van der Waals surface area (Å²) < 4.78 is 0. The Hall–Kier alpha value is -1.74. The second-order valence-corrected chi connectivity index (χ2v) is 6.09. The second kappa shape index (κ2) is 6.81.